The summed E-state index contributed by atoms with van der Waals surface area (Å²) >= 11 is 0. The van der Waals surface area contributed by atoms with Crippen molar-refractivity contribution in [1.29, 1.82) is 0 Å². The lowest BCUT2D eigenvalue weighted by molar-refractivity contribution is 0.0419. The first-order chi connectivity index (χ1) is 12.2. The summed E-state index contributed by atoms with van der Waals surface area (Å²) in [5, 5.41) is 0. The number of carbonyl (C=O) groups excluding carboxylic acids is 1. The van der Waals surface area contributed by atoms with Crippen LogP contribution < -0.4 is 10.5 Å². The Morgan fingerprint density at radius 3 is 2.56 bits per heavy atom. The highest BCUT2D eigenvalue weighted by molar-refractivity contribution is 5.90. The number of ether oxygens (including phenoxy) is 1. The third-order valence-corrected chi connectivity index (χ3v) is 5.20. The zero-order valence-corrected chi connectivity index (χ0v) is 14.0. The Morgan fingerprint density at radius 2 is 1.88 bits per heavy atom. The van der Waals surface area contributed by atoms with Crippen molar-refractivity contribution in [3.05, 3.63) is 54.0 Å². The molecule has 1 aromatic heterocycles. The molecule has 2 saturated heterocycles. The SMILES string of the molecule is NC(=O)c1cncc(OC2C[C@H]3CC[C@@H](C2)N3Cc2ccccc2)n1. The van der Waals surface area contributed by atoms with Crippen molar-refractivity contribution in [3.63, 3.8) is 0 Å². The summed E-state index contributed by atoms with van der Waals surface area (Å²) in [5.41, 5.74) is 6.76. The fourth-order valence-corrected chi connectivity index (χ4v) is 4.07. The van der Waals surface area contributed by atoms with E-state index >= 15 is 0 Å². The van der Waals surface area contributed by atoms with E-state index in [1.807, 2.05) is 0 Å². The van der Waals surface area contributed by atoms with Gasteiger partial charge in [0.1, 0.15) is 11.8 Å². The van der Waals surface area contributed by atoms with Gasteiger partial charge in [0.25, 0.3) is 5.91 Å². The number of fused-ring (bicyclic) bond motifs is 2. The van der Waals surface area contributed by atoms with Gasteiger partial charge in [-0.25, -0.2) is 4.98 Å². The highest BCUT2D eigenvalue weighted by Gasteiger charge is 2.41. The van der Waals surface area contributed by atoms with Crippen LogP contribution in [0.5, 0.6) is 5.88 Å². The number of piperidine rings is 1. The molecule has 0 radical (unpaired) electrons. The lowest BCUT2D eigenvalue weighted by Gasteiger charge is -2.38. The minimum Gasteiger partial charge on any atom is -0.473 e. The van der Waals surface area contributed by atoms with Gasteiger partial charge in [0.15, 0.2) is 0 Å². The van der Waals surface area contributed by atoms with E-state index in [1.54, 1.807) is 6.20 Å². The summed E-state index contributed by atoms with van der Waals surface area (Å²) < 4.78 is 6.02. The molecule has 6 nitrogen and oxygen atoms in total. The van der Waals surface area contributed by atoms with E-state index in [-0.39, 0.29) is 11.8 Å². The number of hydrogen-bond acceptors (Lipinski definition) is 5. The van der Waals surface area contributed by atoms with Crippen molar-refractivity contribution >= 4 is 5.91 Å². The number of primary amides is 1. The quantitative estimate of drug-likeness (QED) is 0.903. The van der Waals surface area contributed by atoms with Crippen LogP contribution in [-0.4, -0.2) is 39.0 Å². The maximum absolute atomic E-state index is 11.2. The second-order valence-corrected chi connectivity index (χ2v) is 6.86. The number of nitrogens with two attached hydrogens (primary N) is 1. The molecule has 1 aromatic carbocycles. The molecule has 2 bridgehead atoms. The molecule has 130 valence electrons. The van der Waals surface area contributed by atoms with E-state index in [4.69, 9.17) is 10.5 Å². The smallest absolute Gasteiger partial charge is 0.269 e. The zero-order valence-electron chi connectivity index (χ0n) is 14.0. The number of hydrogen-bond donors (Lipinski definition) is 1. The largest absolute Gasteiger partial charge is 0.473 e. The van der Waals surface area contributed by atoms with Gasteiger partial charge in [-0.2, -0.15) is 0 Å². The Kier molecular flexibility index (Phi) is 4.36. The van der Waals surface area contributed by atoms with E-state index in [9.17, 15) is 4.79 Å². The molecule has 2 aliphatic rings. The molecule has 2 N–H and O–H groups in total. The number of nitrogens with zero attached hydrogens (tertiary/aromatic N) is 3. The van der Waals surface area contributed by atoms with Crippen molar-refractivity contribution in [3.8, 4) is 5.88 Å². The minimum atomic E-state index is -0.587. The zero-order chi connectivity index (χ0) is 17.2. The topological polar surface area (TPSA) is 81.3 Å². The van der Waals surface area contributed by atoms with Crippen molar-refractivity contribution in [1.82, 2.24) is 14.9 Å². The maximum atomic E-state index is 11.2. The van der Waals surface area contributed by atoms with Gasteiger partial charge < -0.3 is 10.5 Å². The number of benzene rings is 1. The molecule has 1 amide bonds. The van der Waals surface area contributed by atoms with E-state index < -0.39 is 5.91 Å². The highest BCUT2D eigenvalue weighted by Crippen LogP contribution is 2.38. The summed E-state index contributed by atoms with van der Waals surface area (Å²) in [6, 6.07) is 11.7. The van der Waals surface area contributed by atoms with Gasteiger partial charge in [0.2, 0.25) is 5.88 Å². The number of rotatable bonds is 5. The third-order valence-electron chi connectivity index (χ3n) is 5.20. The van der Waals surface area contributed by atoms with Crippen LogP contribution in [0.1, 0.15) is 41.7 Å². The Morgan fingerprint density at radius 1 is 1.16 bits per heavy atom. The third kappa shape index (κ3) is 3.49. The summed E-state index contributed by atoms with van der Waals surface area (Å²) in [4.78, 5) is 22.0. The van der Waals surface area contributed by atoms with Crippen LogP contribution in [0.2, 0.25) is 0 Å². The molecule has 6 heteroatoms. The van der Waals surface area contributed by atoms with Crippen LogP contribution in [0.25, 0.3) is 0 Å². The van der Waals surface area contributed by atoms with E-state index in [1.165, 1.54) is 24.6 Å². The van der Waals surface area contributed by atoms with Crippen molar-refractivity contribution < 1.29 is 9.53 Å². The molecule has 3 heterocycles. The fraction of sp³-hybridized carbons (Fsp3) is 0.421. The molecular formula is C19H22N4O2. The van der Waals surface area contributed by atoms with Crippen LogP contribution in [0.15, 0.2) is 42.7 Å². The Balaban J connectivity index is 1.41. The number of carbonyl (C=O) groups is 1. The predicted molar refractivity (Wildman–Crippen MR) is 93.0 cm³/mol. The first kappa shape index (κ1) is 16.0. The van der Waals surface area contributed by atoms with Gasteiger partial charge in [0, 0.05) is 18.6 Å². The summed E-state index contributed by atoms with van der Waals surface area (Å²) in [7, 11) is 0. The van der Waals surface area contributed by atoms with E-state index in [2.05, 4.69) is 45.2 Å². The predicted octanol–water partition coefficient (Wildman–Crippen LogP) is 2.15. The fourth-order valence-electron chi connectivity index (χ4n) is 4.07. The maximum Gasteiger partial charge on any atom is 0.269 e. The average molecular weight is 338 g/mol. The van der Waals surface area contributed by atoms with Crippen LogP contribution in [0.3, 0.4) is 0 Å². The van der Waals surface area contributed by atoms with Gasteiger partial charge in [0.05, 0.1) is 12.4 Å². The number of amides is 1. The Hall–Kier alpha value is -2.47. The van der Waals surface area contributed by atoms with Crippen molar-refractivity contribution in [2.24, 2.45) is 5.73 Å². The normalized spacial score (nSPS) is 25.7. The van der Waals surface area contributed by atoms with Crippen LogP contribution in [0.4, 0.5) is 0 Å². The number of aromatic nitrogens is 2. The second-order valence-electron chi connectivity index (χ2n) is 6.86. The van der Waals surface area contributed by atoms with Crippen LogP contribution in [0, 0.1) is 0 Å². The molecule has 2 fully saturated rings. The first-order valence-corrected chi connectivity index (χ1v) is 8.77. The molecule has 2 aromatic rings. The van der Waals surface area contributed by atoms with Gasteiger partial charge >= 0.3 is 0 Å². The molecule has 0 saturated carbocycles. The highest BCUT2D eigenvalue weighted by atomic mass is 16.5. The van der Waals surface area contributed by atoms with Crippen molar-refractivity contribution in [2.75, 3.05) is 0 Å². The minimum absolute atomic E-state index is 0.113. The molecule has 0 spiro atoms. The molecule has 3 atom stereocenters. The van der Waals surface area contributed by atoms with Gasteiger partial charge in [-0.3, -0.25) is 14.7 Å². The summed E-state index contributed by atoms with van der Waals surface area (Å²) in [5.74, 6) is -0.201. The molecule has 25 heavy (non-hydrogen) atoms. The lowest BCUT2D eigenvalue weighted by Crippen LogP contribution is -2.45. The second kappa shape index (κ2) is 6.80. The van der Waals surface area contributed by atoms with Gasteiger partial charge in [-0.15, -0.1) is 0 Å². The average Bonchev–Trinajstić information content (AvgIpc) is 2.85. The molecular weight excluding hydrogens is 316 g/mol. The molecule has 2 aliphatic heterocycles. The summed E-state index contributed by atoms with van der Waals surface area (Å²) in [6.45, 7) is 1.000. The van der Waals surface area contributed by atoms with Crippen molar-refractivity contribution in [2.45, 2.75) is 50.4 Å². The van der Waals surface area contributed by atoms with Gasteiger partial charge in [-0.05, 0) is 31.2 Å². The summed E-state index contributed by atoms with van der Waals surface area (Å²) in [6.07, 6.45) is 7.40. The van der Waals surface area contributed by atoms with E-state index in [0.29, 0.717) is 18.0 Å². The Labute approximate surface area is 147 Å². The first-order valence-electron chi connectivity index (χ1n) is 8.77. The monoisotopic (exact) mass is 338 g/mol. The van der Waals surface area contributed by atoms with Gasteiger partial charge in [-0.1, -0.05) is 30.3 Å². The van der Waals surface area contributed by atoms with E-state index in [0.717, 1.165) is 19.4 Å². The molecule has 4 rings (SSSR count). The molecule has 1 unspecified atom stereocenters. The lowest BCUT2D eigenvalue weighted by atomic mass is 9.99. The molecule has 0 aliphatic carbocycles. The van der Waals surface area contributed by atoms with Crippen LogP contribution >= 0.6 is 0 Å². The Bertz CT molecular complexity index is 738. The van der Waals surface area contributed by atoms with Crippen LogP contribution in [-0.2, 0) is 6.54 Å². The standard InChI is InChI=1S/C19H22N4O2/c20-19(24)17-10-21-11-18(22-17)25-16-8-14-6-7-15(9-16)23(14)12-13-4-2-1-3-5-13/h1-5,10-11,14-16H,6-9,12H2,(H2,20,24)/t14-,15+,16?.